The van der Waals surface area contributed by atoms with Gasteiger partial charge in [0.2, 0.25) is 0 Å². The van der Waals surface area contributed by atoms with E-state index in [1.165, 1.54) is 18.4 Å². The summed E-state index contributed by atoms with van der Waals surface area (Å²) in [6.45, 7) is 3.23. The fourth-order valence-electron chi connectivity index (χ4n) is 2.93. The lowest BCUT2D eigenvalue weighted by Gasteiger charge is -2.38. The summed E-state index contributed by atoms with van der Waals surface area (Å²) in [7, 11) is 0. The lowest BCUT2D eigenvalue weighted by atomic mass is 9.75. The smallest absolute Gasteiger partial charge is 0.0946 e. The molecule has 3 rings (SSSR count). The summed E-state index contributed by atoms with van der Waals surface area (Å²) in [5.41, 5.74) is 1.47. The first-order chi connectivity index (χ1) is 9.70. The van der Waals surface area contributed by atoms with Gasteiger partial charge in [-0.25, -0.2) is 4.98 Å². The van der Waals surface area contributed by atoms with E-state index in [-0.39, 0.29) is 0 Å². The predicted molar refractivity (Wildman–Crippen MR) is 84.7 cm³/mol. The van der Waals surface area contributed by atoms with Crippen molar-refractivity contribution in [3.05, 3.63) is 53.0 Å². The molecule has 1 aliphatic carbocycles. The maximum absolute atomic E-state index is 4.08. The molecule has 20 heavy (non-hydrogen) atoms. The lowest BCUT2D eigenvalue weighted by Crippen LogP contribution is -2.45. The Morgan fingerprint density at radius 3 is 2.75 bits per heavy atom. The first-order valence-electron chi connectivity index (χ1n) is 7.18. The summed E-state index contributed by atoms with van der Waals surface area (Å²) in [5, 5.41) is 3.71. The van der Waals surface area contributed by atoms with E-state index in [1.54, 1.807) is 0 Å². The molecule has 1 saturated carbocycles. The van der Waals surface area contributed by atoms with E-state index in [0.29, 0.717) is 12.1 Å². The molecule has 0 aliphatic heterocycles. The van der Waals surface area contributed by atoms with Crippen LogP contribution in [0.4, 0.5) is 0 Å². The molecule has 1 heterocycles. The van der Waals surface area contributed by atoms with Gasteiger partial charge in [0.1, 0.15) is 0 Å². The SMILES string of the molecule is CC(Cn1ccnc1)NC1CC(c2ccc(Br)cc2)C1. The molecule has 0 amide bonds. The summed E-state index contributed by atoms with van der Waals surface area (Å²) in [4.78, 5) is 4.08. The van der Waals surface area contributed by atoms with Crippen molar-refractivity contribution < 1.29 is 0 Å². The van der Waals surface area contributed by atoms with Gasteiger partial charge < -0.3 is 9.88 Å². The number of nitrogens with one attached hydrogen (secondary N) is 1. The van der Waals surface area contributed by atoms with Crippen molar-refractivity contribution >= 4 is 15.9 Å². The maximum Gasteiger partial charge on any atom is 0.0946 e. The van der Waals surface area contributed by atoms with Crippen LogP contribution < -0.4 is 5.32 Å². The van der Waals surface area contributed by atoms with Crippen LogP contribution in [0.25, 0.3) is 0 Å². The van der Waals surface area contributed by atoms with Crippen molar-refractivity contribution in [3.8, 4) is 0 Å². The van der Waals surface area contributed by atoms with Crippen LogP contribution in [-0.2, 0) is 6.54 Å². The zero-order valence-corrected chi connectivity index (χ0v) is 13.3. The summed E-state index contributed by atoms with van der Waals surface area (Å²) in [5.74, 6) is 0.723. The van der Waals surface area contributed by atoms with Crippen LogP contribution in [-0.4, -0.2) is 21.6 Å². The van der Waals surface area contributed by atoms with Crippen LogP contribution in [0, 0.1) is 0 Å². The van der Waals surface area contributed by atoms with E-state index in [0.717, 1.165) is 16.9 Å². The first-order valence-corrected chi connectivity index (χ1v) is 7.97. The number of rotatable bonds is 5. The highest BCUT2D eigenvalue weighted by atomic mass is 79.9. The van der Waals surface area contributed by atoms with Crippen LogP contribution in [0.5, 0.6) is 0 Å². The number of nitrogens with zero attached hydrogens (tertiary/aromatic N) is 2. The molecule has 0 bridgehead atoms. The summed E-state index contributed by atoms with van der Waals surface area (Å²) < 4.78 is 3.28. The van der Waals surface area contributed by atoms with Crippen molar-refractivity contribution in [3.63, 3.8) is 0 Å². The van der Waals surface area contributed by atoms with E-state index in [4.69, 9.17) is 0 Å². The van der Waals surface area contributed by atoms with Gasteiger partial charge in [-0.2, -0.15) is 0 Å². The third-order valence-corrected chi connectivity index (χ3v) is 4.57. The van der Waals surface area contributed by atoms with Crippen molar-refractivity contribution in [1.29, 1.82) is 0 Å². The minimum absolute atomic E-state index is 0.486. The zero-order valence-electron chi connectivity index (χ0n) is 11.7. The molecular formula is C16H20BrN3. The zero-order chi connectivity index (χ0) is 13.9. The van der Waals surface area contributed by atoms with E-state index in [2.05, 4.69) is 62.0 Å². The standard InChI is InChI=1S/C16H20BrN3/c1-12(10-20-7-6-18-11-20)19-16-8-14(9-16)13-2-4-15(17)5-3-13/h2-7,11-12,14,16,19H,8-10H2,1H3. The molecule has 1 fully saturated rings. The highest BCUT2D eigenvalue weighted by molar-refractivity contribution is 9.10. The molecule has 1 aromatic heterocycles. The highest BCUT2D eigenvalue weighted by Crippen LogP contribution is 2.37. The Bertz CT molecular complexity index is 529. The summed E-state index contributed by atoms with van der Waals surface area (Å²) in [6.07, 6.45) is 8.22. The summed E-state index contributed by atoms with van der Waals surface area (Å²) >= 11 is 3.49. The van der Waals surface area contributed by atoms with Crippen molar-refractivity contribution in [2.24, 2.45) is 0 Å². The molecule has 2 aromatic rings. The van der Waals surface area contributed by atoms with Gasteiger partial charge in [0.15, 0.2) is 0 Å². The van der Waals surface area contributed by atoms with Crippen LogP contribution in [0.2, 0.25) is 0 Å². The number of hydrogen-bond donors (Lipinski definition) is 1. The molecule has 1 aromatic carbocycles. The Morgan fingerprint density at radius 1 is 1.35 bits per heavy atom. The van der Waals surface area contributed by atoms with Gasteiger partial charge in [0, 0.05) is 35.5 Å². The van der Waals surface area contributed by atoms with E-state index < -0.39 is 0 Å². The minimum atomic E-state index is 0.486. The largest absolute Gasteiger partial charge is 0.336 e. The lowest BCUT2D eigenvalue weighted by molar-refractivity contribution is 0.260. The van der Waals surface area contributed by atoms with Gasteiger partial charge in [-0.15, -0.1) is 0 Å². The quantitative estimate of drug-likeness (QED) is 0.906. The first kappa shape index (κ1) is 13.8. The monoisotopic (exact) mass is 333 g/mol. The van der Waals surface area contributed by atoms with E-state index >= 15 is 0 Å². The molecule has 0 saturated heterocycles. The highest BCUT2D eigenvalue weighted by Gasteiger charge is 2.30. The van der Waals surface area contributed by atoms with Crippen LogP contribution >= 0.6 is 15.9 Å². The van der Waals surface area contributed by atoms with Gasteiger partial charge in [0.05, 0.1) is 6.33 Å². The maximum atomic E-state index is 4.08. The molecular weight excluding hydrogens is 314 g/mol. The van der Waals surface area contributed by atoms with Gasteiger partial charge in [-0.05, 0) is 43.4 Å². The number of benzene rings is 1. The Hall–Kier alpha value is -1.13. The predicted octanol–water partition coefficient (Wildman–Crippen LogP) is 3.57. The average molecular weight is 334 g/mol. The van der Waals surface area contributed by atoms with Gasteiger partial charge >= 0.3 is 0 Å². The van der Waals surface area contributed by atoms with Crippen molar-refractivity contribution in [1.82, 2.24) is 14.9 Å². The Kier molecular flexibility index (Phi) is 4.22. The second kappa shape index (κ2) is 6.10. The Balaban J connectivity index is 1.45. The third kappa shape index (κ3) is 3.30. The Labute approximate surface area is 128 Å². The average Bonchev–Trinajstić information content (AvgIpc) is 2.87. The molecule has 106 valence electrons. The second-order valence-electron chi connectivity index (χ2n) is 5.74. The third-order valence-electron chi connectivity index (χ3n) is 4.04. The Morgan fingerprint density at radius 2 is 2.10 bits per heavy atom. The molecule has 1 aliphatic rings. The molecule has 1 N–H and O–H groups in total. The fourth-order valence-corrected chi connectivity index (χ4v) is 3.19. The van der Waals surface area contributed by atoms with Crippen molar-refractivity contribution in [2.45, 2.75) is 44.3 Å². The van der Waals surface area contributed by atoms with Gasteiger partial charge in [0.25, 0.3) is 0 Å². The van der Waals surface area contributed by atoms with Crippen molar-refractivity contribution in [2.75, 3.05) is 0 Å². The molecule has 4 heteroatoms. The second-order valence-corrected chi connectivity index (χ2v) is 6.66. The topological polar surface area (TPSA) is 29.9 Å². The molecule has 1 atom stereocenters. The fraction of sp³-hybridized carbons (Fsp3) is 0.438. The number of aromatic nitrogens is 2. The summed E-state index contributed by atoms with van der Waals surface area (Å²) in [6, 6.07) is 9.89. The van der Waals surface area contributed by atoms with E-state index in [1.807, 2.05) is 18.7 Å². The van der Waals surface area contributed by atoms with Gasteiger partial charge in [-0.3, -0.25) is 0 Å². The molecule has 3 nitrogen and oxygen atoms in total. The van der Waals surface area contributed by atoms with Gasteiger partial charge in [-0.1, -0.05) is 28.1 Å². The van der Waals surface area contributed by atoms with Crippen LogP contribution in [0.15, 0.2) is 47.5 Å². The number of hydrogen-bond acceptors (Lipinski definition) is 2. The van der Waals surface area contributed by atoms with Crippen LogP contribution in [0.1, 0.15) is 31.2 Å². The van der Waals surface area contributed by atoms with E-state index in [9.17, 15) is 0 Å². The molecule has 0 spiro atoms. The number of halogens is 1. The molecule has 0 radical (unpaired) electrons. The normalized spacial score (nSPS) is 23.3. The minimum Gasteiger partial charge on any atom is -0.336 e. The number of imidazole rings is 1. The molecule has 1 unspecified atom stereocenters. The van der Waals surface area contributed by atoms with Crippen LogP contribution in [0.3, 0.4) is 0 Å².